The van der Waals surface area contributed by atoms with Gasteiger partial charge in [0.2, 0.25) is 10.0 Å². The molecule has 0 aromatic heterocycles. The SMILES string of the molecule is CC(C)N(C1CCCC1)S(=O)(=O)c1cc(Br)ccc1Br. The summed E-state index contributed by atoms with van der Waals surface area (Å²) in [6.07, 6.45) is 4.15. The molecule has 0 bridgehead atoms. The van der Waals surface area contributed by atoms with Crippen molar-refractivity contribution in [1.29, 1.82) is 0 Å². The predicted molar refractivity (Wildman–Crippen MR) is 88.3 cm³/mol. The van der Waals surface area contributed by atoms with Crippen molar-refractivity contribution >= 4 is 41.9 Å². The van der Waals surface area contributed by atoms with E-state index in [1.165, 1.54) is 0 Å². The van der Waals surface area contributed by atoms with Crippen LogP contribution in [-0.4, -0.2) is 24.8 Å². The Balaban J connectivity index is 2.47. The molecular formula is C14H19Br2NO2S. The number of halogens is 2. The van der Waals surface area contributed by atoms with Crippen LogP contribution in [0.5, 0.6) is 0 Å². The molecule has 112 valence electrons. The van der Waals surface area contributed by atoms with Crippen molar-refractivity contribution in [3.8, 4) is 0 Å². The van der Waals surface area contributed by atoms with Crippen molar-refractivity contribution in [2.45, 2.75) is 56.5 Å². The lowest BCUT2D eigenvalue weighted by Crippen LogP contribution is -2.43. The van der Waals surface area contributed by atoms with Crippen molar-refractivity contribution in [2.75, 3.05) is 0 Å². The monoisotopic (exact) mass is 423 g/mol. The van der Waals surface area contributed by atoms with Crippen LogP contribution in [-0.2, 0) is 10.0 Å². The van der Waals surface area contributed by atoms with E-state index in [1.807, 2.05) is 19.9 Å². The maximum Gasteiger partial charge on any atom is 0.244 e. The minimum absolute atomic E-state index is 0.0334. The number of sulfonamides is 1. The summed E-state index contributed by atoms with van der Waals surface area (Å²) in [7, 11) is -3.48. The molecule has 1 aliphatic carbocycles. The van der Waals surface area contributed by atoms with Crippen LogP contribution in [0.4, 0.5) is 0 Å². The van der Waals surface area contributed by atoms with Gasteiger partial charge in [-0.1, -0.05) is 28.8 Å². The molecule has 0 N–H and O–H groups in total. The Bertz CT molecular complexity index is 581. The summed E-state index contributed by atoms with van der Waals surface area (Å²) in [5.41, 5.74) is 0. The third-order valence-corrected chi connectivity index (χ3v) is 7.26. The zero-order chi connectivity index (χ0) is 14.9. The van der Waals surface area contributed by atoms with Gasteiger partial charge in [0.05, 0.1) is 4.90 Å². The summed E-state index contributed by atoms with van der Waals surface area (Å²) < 4.78 is 29.1. The summed E-state index contributed by atoms with van der Waals surface area (Å²) in [4.78, 5) is 0.340. The first-order valence-corrected chi connectivity index (χ1v) is 9.85. The van der Waals surface area contributed by atoms with Crippen molar-refractivity contribution in [3.05, 3.63) is 27.1 Å². The second-order valence-electron chi connectivity index (χ2n) is 5.44. The fourth-order valence-electron chi connectivity index (χ4n) is 2.84. The molecule has 6 heteroatoms. The summed E-state index contributed by atoms with van der Waals surface area (Å²) in [6.45, 7) is 3.89. The molecule has 1 saturated carbocycles. The van der Waals surface area contributed by atoms with Gasteiger partial charge < -0.3 is 0 Å². The molecular weight excluding hydrogens is 406 g/mol. The van der Waals surface area contributed by atoms with E-state index in [1.54, 1.807) is 16.4 Å². The molecule has 0 atom stereocenters. The van der Waals surface area contributed by atoms with Crippen LogP contribution in [0.15, 0.2) is 32.0 Å². The normalized spacial score (nSPS) is 17.3. The second kappa shape index (κ2) is 6.46. The Morgan fingerprint density at radius 2 is 1.80 bits per heavy atom. The molecule has 0 amide bonds. The van der Waals surface area contributed by atoms with Gasteiger partial charge in [-0.3, -0.25) is 0 Å². The predicted octanol–water partition coefficient (Wildman–Crippen LogP) is 4.55. The first kappa shape index (κ1) is 16.5. The Morgan fingerprint density at radius 3 is 2.35 bits per heavy atom. The van der Waals surface area contributed by atoms with Crippen molar-refractivity contribution in [1.82, 2.24) is 4.31 Å². The molecule has 0 saturated heterocycles. The fourth-order valence-corrected chi connectivity index (χ4v) is 6.19. The van der Waals surface area contributed by atoms with E-state index in [0.717, 1.165) is 30.2 Å². The van der Waals surface area contributed by atoms with Crippen LogP contribution in [0.3, 0.4) is 0 Å². The molecule has 0 unspecified atom stereocenters. The van der Waals surface area contributed by atoms with Crippen LogP contribution in [0, 0.1) is 0 Å². The molecule has 3 nitrogen and oxygen atoms in total. The van der Waals surface area contributed by atoms with E-state index in [-0.39, 0.29) is 12.1 Å². The topological polar surface area (TPSA) is 37.4 Å². The van der Waals surface area contributed by atoms with E-state index in [0.29, 0.717) is 9.37 Å². The van der Waals surface area contributed by atoms with Crippen LogP contribution < -0.4 is 0 Å². The summed E-state index contributed by atoms with van der Waals surface area (Å²) >= 11 is 6.72. The number of hydrogen-bond acceptors (Lipinski definition) is 2. The van der Waals surface area contributed by atoms with E-state index < -0.39 is 10.0 Å². The highest BCUT2D eigenvalue weighted by atomic mass is 79.9. The lowest BCUT2D eigenvalue weighted by Gasteiger charge is -2.32. The van der Waals surface area contributed by atoms with Gasteiger partial charge in [-0.25, -0.2) is 8.42 Å². The van der Waals surface area contributed by atoms with Gasteiger partial charge >= 0.3 is 0 Å². The smallest absolute Gasteiger partial charge is 0.207 e. The lowest BCUT2D eigenvalue weighted by molar-refractivity contribution is 0.275. The minimum Gasteiger partial charge on any atom is -0.207 e. The van der Waals surface area contributed by atoms with Crippen molar-refractivity contribution in [3.63, 3.8) is 0 Å². The van der Waals surface area contributed by atoms with E-state index in [9.17, 15) is 8.42 Å². The summed E-state index contributed by atoms with van der Waals surface area (Å²) in [5, 5.41) is 0. The minimum atomic E-state index is -3.48. The van der Waals surface area contributed by atoms with E-state index in [4.69, 9.17) is 0 Å². The number of nitrogens with zero attached hydrogens (tertiary/aromatic N) is 1. The van der Waals surface area contributed by atoms with Gasteiger partial charge in [-0.15, -0.1) is 0 Å². The fraction of sp³-hybridized carbons (Fsp3) is 0.571. The van der Waals surface area contributed by atoms with Gasteiger partial charge in [0.25, 0.3) is 0 Å². The third kappa shape index (κ3) is 3.29. The van der Waals surface area contributed by atoms with Gasteiger partial charge in [0, 0.05) is 21.0 Å². The Labute approximate surface area is 138 Å². The van der Waals surface area contributed by atoms with Crippen LogP contribution in [0.25, 0.3) is 0 Å². The Hall–Kier alpha value is 0.0900. The highest BCUT2D eigenvalue weighted by Gasteiger charge is 2.36. The number of hydrogen-bond donors (Lipinski definition) is 0. The maximum absolute atomic E-state index is 13.0. The number of rotatable bonds is 4. The quantitative estimate of drug-likeness (QED) is 0.710. The molecule has 0 radical (unpaired) electrons. The van der Waals surface area contributed by atoms with Gasteiger partial charge in [-0.05, 0) is 60.8 Å². The Morgan fingerprint density at radius 1 is 1.20 bits per heavy atom. The van der Waals surface area contributed by atoms with Gasteiger partial charge in [0.15, 0.2) is 0 Å². The van der Waals surface area contributed by atoms with E-state index >= 15 is 0 Å². The van der Waals surface area contributed by atoms with Crippen LogP contribution >= 0.6 is 31.9 Å². The lowest BCUT2D eigenvalue weighted by atomic mass is 10.2. The zero-order valence-electron chi connectivity index (χ0n) is 11.6. The van der Waals surface area contributed by atoms with E-state index in [2.05, 4.69) is 31.9 Å². The highest BCUT2D eigenvalue weighted by Crippen LogP contribution is 2.34. The first-order valence-electron chi connectivity index (χ1n) is 6.82. The standard InChI is InChI=1S/C14H19Br2NO2S/c1-10(2)17(12-5-3-4-6-12)20(18,19)14-9-11(15)7-8-13(14)16/h7-10,12H,3-6H2,1-2H3. The summed E-state index contributed by atoms with van der Waals surface area (Å²) in [6, 6.07) is 5.37. The average Bonchev–Trinajstić information content (AvgIpc) is 2.84. The van der Waals surface area contributed by atoms with Crippen LogP contribution in [0.2, 0.25) is 0 Å². The highest BCUT2D eigenvalue weighted by molar-refractivity contribution is 9.11. The van der Waals surface area contributed by atoms with Crippen LogP contribution in [0.1, 0.15) is 39.5 Å². The molecule has 20 heavy (non-hydrogen) atoms. The third-order valence-electron chi connectivity index (χ3n) is 3.64. The molecule has 2 rings (SSSR count). The molecule has 1 aliphatic rings. The molecule has 0 spiro atoms. The molecule has 1 aromatic carbocycles. The van der Waals surface area contributed by atoms with Gasteiger partial charge in [-0.2, -0.15) is 4.31 Å². The average molecular weight is 425 g/mol. The first-order chi connectivity index (χ1) is 9.34. The Kier molecular flexibility index (Phi) is 5.32. The maximum atomic E-state index is 13.0. The molecule has 1 aromatic rings. The second-order valence-corrected chi connectivity index (χ2v) is 9.02. The molecule has 0 heterocycles. The number of benzene rings is 1. The van der Waals surface area contributed by atoms with Gasteiger partial charge in [0.1, 0.15) is 0 Å². The van der Waals surface area contributed by atoms with Crippen molar-refractivity contribution < 1.29 is 8.42 Å². The zero-order valence-corrected chi connectivity index (χ0v) is 15.6. The van der Waals surface area contributed by atoms with Crippen molar-refractivity contribution in [2.24, 2.45) is 0 Å². The largest absolute Gasteiger partial charge is 0.244 e. The molecule has 1 fully saturated rings. The molecule has 0 aliphatic heterocycles. The summed E-state index contributed by atoms with van der Waals surface area (Å²) in [5.74, 6) is 0.